The molecule has 0 nitrogen and oxygen atoms in total. The van der Waals surface area contributed by atoms with E-state index in [1.807, 2.05) is 0 Å². The van der Waals surface area contributed by atoms with Crippen molar-refractivity contribution in [3.8, 4) is 0 Å². The van der Waals surface area contributed by atoms with Crippen molar-refractivity contribution in [3.63, 3.8) is 0 Å². The maximum atomic E-state index is 3.90. The van der Waals surface area contributed by atoms with E-state index in [0.29, 0.717) is 10.2 Å². The van der Waals surface area contributed by atoms with Gasteiger partial charge < -0.3 is 0 Å². The molecular weight excluding hydrogens is 320 g/mol. The monoisotopic (exact) mass is 350 g/mol. The fourth-order valence-corrected chi connectivity index (χ4v) is 3.94. The molecule has 0 bridgehead atoms. The highest BCUT2D eigenvalue weighted by atomic mass is 79.9. The minimum Gasteiger partial charge on any atom is -0.0839 e. The van der Waals surface area contributed by atoms with Gasteiger partial charge in [0.05, 0.1) is 0 Å². The summed E-state index contributed by atoms with van der Waals surface area (Å²) in [6.07, 6.45) is 11.2. The van der Waals surface area contributed by atoms with E-state index in [4.69, 9.17) is 0 Å². The van der Waals surface area contributed by atoms with E-state index in [9.17, 15) is 0 Å². The molecule has 0 aromatic heterocycles. The Morgan fingerprint density at radius 1 is 1.10 bits per heavy atom. The van der Waals surface area contributed by atoms with Crippen LogP contribution in [0, 0.1) is 5.92 Å². The van der Waals surface area contributed by atoms with E-state index in [0.717, 1.165) is 5.92 Å². The molecule has 1 aliphatic carbocycles. The lowest BCUT2D eigenvalue weighted by Crippen LogP contribution is -2.15. The second kappa shape index (κ2) is 7.81. The van der Waals surface area contributed by atoms with E-state index < -0.39 is 0 Å². The van der Waals surface area contributed by atoms with Crippen molar-refractivity contribution in [1.82, 2.24) is 0 Å². The number of halogens is 1. The van der Waals surface area contributed by atoms with Crippen LogP contribution < -0.4 is 0 Å². The van der Waals surface area contributed by atoms with Crippen molar-refractivity contribution in [2.45, 2.75) is 82.4 Å². The lowest BCUT2D eigenvalue weighted by atomic mass is 9.81. The smallest absolute Gasteiger partial charge is 0.0395 e. The lowest BCUT2D eigenvalue weighted by molar-refractivity contribution is 0.332. The summed E-state index contributed by atoms with van der Waals surface area (Å²) in [5.74, 6) is 0.983. The summed E-state index contributed by atoms with van der Waals surface area (Å²) >= 11 is 3.90. The van der Waals surface area contributed by atoms with E-state index in [2.05, 4.69) is 61.0 Å². The third-order valence-electron chi connectivity index (χ3n) is 5.49. The van der Waals surface area contributed by atoms with E-state index in [1.165, 1.54) is 62.5 Å². The highest BCUT2D eigenvalue weighted by Crippen LogP contribution is 2.35. The van der Waals surface area contributed by atoms with Gasteiger partial charge in [-0.15, -0.1) is 0 Å². The molecule has 2 rings (SSSR count). The van der Waals surface area contributed by atoms with Crippen molar-refractivity contribution in [2.75, 3.05) is 0 Å². The summed E-state index contributed by atoms with van der Waals surface area (Å²) in [6.45, 7) is 6.93. The molecule has 1 unspecified atom stereocenters. The maximum Gasteiger partial charge on any atom is 0.0395 e. The van der Waals surface area contributed by atoms with Crippen LogP contribution in [0.25, 0.3) is 0 Å². The molecule has 1 aromatic carbocycles. The molecule has 1 atom stereocenters. The predicted molar refractivity (Wildman–Crippen MR) is 97.2 cm³/mol. The average molecular weight is 351 g/mol. The predicted octanol–water partition coefficient (Wildman–Crippen LogP) is 7.17. The standard InChI is InChI=1S/C20H31Br/c1-4-20(2,3)18-13-11-17(12-14-18)19(21)15-10-16-8-6-5-7-9-16/h11-14,16,19H,4-10,15H2,1-3H3. The Bertz CT molecular complexity index is 412. The van der Waals surface area contributed by atoms with Gasteiger partial charge in [0.15, 0.2) is 0 Å². The van der Waals surface area contributed by atoms with Gasteiger partial charge in [0, 0.05) is 4.83 Å². The van der Waals surface area contributed by atoms with Crippen LogP contribution in [0.4, 0.5) is 0 Å². The zero-order valence-corrected chi connectivity index (χ0v) is 15.6. The minimum absolute atomic E-state index is 0.294. The molecule has 0 saturated heterocycles. The molecule has 21 heavy (non-hydrogen) atoms. The first-order valence-electron chi connectivity index (χ1n) is 8.77. The van der Waals surface area contributed by atoms with Crippen LogP contribution in [0.2, 0.25) is 0 Å². The molecule has 1 fully saturated rings. The fourth-order valence-electron chi connectivity index (χ4n) is 3.37. The number of hydrogen-bond donors (Lipinski definition) is 0. The molecule has 1 aromatic rings. The van der Waals surface area contributed by atoms with Crippen molar-refractivity contribution in [1.29, 1.82) is 0 Å². The molecule has 1 heteroatoms. The van der Waals surface area contributed by atoms with Crippen LogP contribution in [-0.2, 0) is 5.41 Å². The van der Waals surface area contributed by atoms with Gasteiger partial charge in [0.1, 0.15) is 0 Å². The first-order valence-corrected chi connectivity index (χ1v) is 9.69. The summed E-state index contributed by atoms with van der Waals surface area (Å²) in [6, 6.07) is 9.31. The van der Waals surface area contributed by atoms with Crippen LogP contribution in [0.15, 0.2) is 24.3 Å². The molecular formula is C20H31Br. The molecule has 0 spiro atoms. The van der Waals surface area contributed by atoms with Gasteiger partial charge in [-0.25, -0.2) is 0 Å². The van der Waals surface area contributed by atoms with Crippen LogP contribution in [0.5, 0.6) is 0 Å². The zero-order valence-electron chi connectivity index (χ0n) is 14.0. The summed E-state index contributed by atoms with van der Waals surface area (Å²) in [5, 5.41) is 0. The fraction of sp³-hybridized carbons (Fsp3) is 0.700. The highest BCUT2D eigenvalue weighted by Gasteiger charge is 2.19. The molecule has 0 heterocycles. The van der Waals surface area contributed by atoms with Crippen LogP contribution in [0.3, 0.4) is 0 Å². The SMILES string of the molecule is CCC(C)(C)c1ccc(C(Br)CCC2CCCCC2)cc1. The third kappa shape index (κ3) is 4.84. The third-order valence-corrected chi connectivity index (χ3v) is 6.48. The first-order chi connectivity index (χ1) is 10.0. The summed E-state index contributed by atoms with van der Waals surface area (Å²) < 4.78 is 0. The molecule has 1 saturated carbocycles. The lowest BCUT2D eigenvalue weighted by Gasteiger charge is -2.24. The number of alkyl halides is 1. The first kappa shape index (κ1) is 17.1. The largest absolute Gasteiger partial charge is 0.0839 e. The normalized spacial score (nSPS) is 18.7. The van der Waals surface area contributed by atoms with Gasteiger partial charge in [-0.2, -0.15) is 0 Å². The second-order valence-corrected chi connectivity index (χ2v) is 8.51. The van der Waals surface area contributed by atoms with Crippen LogP contribution in [0.1, 0.15) is 88.1 Å². The molecule has 0 amide bonds. The van der Waals surface area contributed by atoms with Gasteiger partial charge in [-0.05, 0) is 41.7 Å². The van der Waals surface area contributed by atoms with E-state index in [1.54, 1.807) is 0 Å². The van der Waals surface area contributed by atoms with Crippen molar-refractivity contribution in [3.05, 3.63) is 35.4 Å². The van der Waals surface area contributed by atoms with Crippen LogP contribution >= 0.6 is 15.9 Å². The van der Waals surface area contributed by atoms with Gasteiger partial charge >= 0.3 is 0 Å². The number of rotatable bonds is 6. The Labute approximate surface area is 139 Å². The van der Waals surface area contributed by atoms with E-state index in [-0.39, 0.29) is 0 Å². The Balaban J connectivity index is 1.88. The van der Waals surface area contributed by atoms with Gasteiger partial charge in [0.25, 0.3) is 0 Å². The second-order valence-electron chi connectivity index (χ2n) is 7.41. The van der Waals surface area contributed by atoms with Crippen molar-refractivity contribution < 1.29 is 0 Å². The van der Waals surface area contributed by atoms with Crippen molar-refractivity contribution in [2.24, 2.45) is 5.92 Å². The van der Waals surface area contributed by atoms with Crippen molar-refractivity contribution >= 4 is 15.9 Å². The van der Waals surface area contributed by atoms with Gasteiger partial charge in [0.2, 0.25) is 0 Å². The van der Waals surface area contributed by atoms with Gasteiger partial charge in [-0.3, -0.25) is 0 Å². The Kier molecular flexibility index (Phi) is 6.34. The summed E-state index contributed by atoms with van der Waals surface area (Å²) in [5.41, 5.74) is 3.20. The summed E-state index contributed by atoms with van der Waals surface area (Å²) in [7, 11) is 0. The molecule has 0 aliphatic heterocycles. The topological polar surface area (TPSA) is 0 Å². The highest BCUT2D eigenvalue weighted by molar-refractivity contribution is 9.09. The molecule has 1 aliphatic rings. The number of benzene rings is 1. The zero-order chi connectivity index (χ0) is 15.3. The minimum atomic E-state index is 0.294. The van der Waals surface area contributed by atoms with Crippen LogP contribution in [-0.4, -0.2) is 0 Å². The Morgan fingerprint density at radius 2 is 1.71 bits per heavy atom. The molecule has 118 valence electrons. The number of hydrogen-bond acceptors (Lipinski definition) is 0. The van der Waals surface area contributed by atoms with Gasteiger partial charge in [-0.1, -0.05) is 93.1 Å². The summed E-state index contributed by atoms with van der Waals surface area (Å²) in [4.78, 5) is 0.526. The Hall–Kier alpha value is -0.300. The molecule has 0 N–H and O–H groups in total. The molecule has 0 radical (unpaired) electrons. The quantitative estimate of drug-likeness (QED) is 0.477. The van der Waals surface area contributed by atoms with E-state index >= 15 is 0 Å². The maximum absolute atomic E-state index is 3.90. The Morgan fingerprint density at radius 3 is 2.29 bits per heavy atom. The average Bonchev–Trinajstić information content (AvgIpc) is 2.53.